The van der Waals surface area contributed by atoms with Crippen molar-refractivity contribution >= 4 is 17.9 Å². The number of ether oxygens (including phenoxy) is 3. The van der Waals surface area contributed by atoms with Gasteiger partial charge in [0.05, 0.1) is 21.3 Å². The highest BCUT2D eigenvalue weighted by Crippen LogP contribution is 2.38. The van der Waals surface area contributed by atoms with E-state index < -0.39 is 0 Å². The van der Waals surface area contributed by atoms with Crippen molar-refractivity contribution in [2.75, 3.05) is 34.4 Å². The molecular weight excluding hydrogens is 396 g/mol. The number of nitrogens with one attached hydrogen (secondary N) is 1. The molecule has 31 heavy (non-hydrogen) atoms. The minimum Gasteiger partial charge on any atom is -0.493 e. The Kier molecular flexibility index (Phi) is 7.54. The van der Waals surface area contributed by atoms with E-state index in [1.54, 1.807) is 62.6 Å². The molecule has 7 nitrogen and oxygen atoms in total. The lowest BCUT2D eigenvalue weighted by molar-refractivity contribution is -0.126. The van der Waals surface area contributed by atoms with Crippen LogP contribution in [0.2, 0.25) is 0 Å². The maximum absolute atomic E-state index is 12.6. The Balaban J connectivity index is 1.56. The Labute approximate surface area is 182 Å². The molecular formula is C24H28N2O5. The van der Waals surface area contributed by atoms with Gasteiger partial charge in [0.25, 0.3) is 5.91 Å². The molecule has 1 N–H and O–H groups in total. The lowest BCUT2D eigenvalue weighted by atomic mass is 10.0. The number of piperidine rings is 1. The van der Waals surface area contributed by atoms with Crippen LogP contribution in [0.5, 0.6) is 17.2 Å². The maximum atomic E-state index is 12.6. The van der Waals surface area contributed by atoms with E-state index in [9.17, 15) is 9.59 Å². The number of amides is 2. The first-order valence-corrected chi connectivity index (χ1v) is 10.2. The average molecular weight is 424 g/mol. The first kappa shape index (κ1) is 22.2. The Morgan fingerprint density at radius 2 is 1.58 bits per heavy atom. The van der Waals surface area contributed by atoms with Crippen LogP contribution in [0.1, 0.15) is 28.8 Å². The summed E-state index contributed by atoms with van der Waals surface area (Å²) >= 11 is 0. The topological polar surface area (TPSA) is 77.1 Å². The summed E-state index contributed by atoms with van der Waals surface area (Å²) in [7, 11) is 4.65. The fourth-order valence-corrected chi connectivity index (χ4v) is 3.57. The summed E-state index contributed by atoms with van der Waals surface area (Å²) in [6.07, 6.45) is 4.73. The summed E-state index contributed by atoms with van der Waals surface area (Å²) < 4.78 is 16.0. The molecule has 1 heterocycles. The Morgan fingerprint density at radius 1 is 0.968 bits per heavy atom. The van der Waals surface area contributed by atoms with Crippen molar-refractivity contribution in [2.24, 2.45) is 0 Å². The van der Waals surface area contributed by atoms with Gasteiger partial charge < -0.3 is 24.4 Å². The van der Waals surface area contributed by atoms with Gasteiger partial charge in [0, 0.05) is 30.8 Å². The largest absolute Gasteiger partial charge is 0.493 e. The second-order valence-corrected chi connectivity index (χ2v) is 7.23. The SMILES string of the molecule is COc1cc(/C=C/C(=O)N2CCC(NC(=O)c3ccccc3)CC2)cc(OC)c1OC. The zero-order chi connectivity index (χ0) is 22.2. The van der Waals surface area contributed by atoms with Gasteiger partial charge in [-0.3, -0.25) is 9.59 Å². The van der Waals surface area contributed by atoms with E-state index in [1.165, 1.54) is 0 Å². The summed E-state index contributed by atoms with van der Waals surface area (Å²) in [4.78, 5) is 26.7. The molecule has 2 aromatic rings. The molecule has 0 spiro atoms. The van der Waals surface area contributed by atoms with Crippen molar-refractivity contribution < 1.29 is 23.8 Å². The van der Waals surface area contributed by atoms with Gasteiger partial charge >= 0.3 is 0 Å². The predicted octanol–water partition coefficient (Wildman–Crippen LogP) is 3.15. The zero-order valence-corrected chi connectivity index (χ0v) is 18.1. The molecule has 0 atom stereocenters. The summed E-state index contributed by atoms with van der Waals surface area (Å²) in [5.41, 5.74) is 1.42. The number of rotatable bonds is 7. The Morgan fingerprint density at radius 3 is 2.13 bits per heavy atom. The third kappa shape index (κ3) is 5.57. The highest BCUT2D eigenvalue weighted by atomic mass is 16.5. The molecule has 0 radical (unpaired) electrons. The van der Waals surface area contributed by atoms with Gasteiger partial charge in [-0.1, -0.05) is 18.2 Å². The fraction of sp³-hybridized carbons (Fsp3) is 0.333. The number of likely N-dealkylation sites (tertiary alicyclic amines) is 1. The summed E-state index contributed by atoms with van der Waals surface area (Å²) in [5.74, 6) is 1.43. The van der Waals surface area contributed by atoms with Crippen LogP contribution >= 0.6 is 0 Å². The third-order valence-electron chi connectivity index (χ3n) is 5.28. The Bertz CT molecular complexity index is 909. The van der Waals surface area contributed by atoms with E-state index in [1.807, 2.05) is 18.2 Å². The van der Waals surface area contributed by atoms with Gasteiger partial charge in [-0.15, -0.1) is 0 Å². The minimum atomic E-state index is -0.0762. The molecule has 0 aromatic heterocycles. The molecule has 2 amide bonds. The van der Waals surface area contributed by atoms with Crippen molar-refractivity contribution in [1.29, 1.82) is 0 Å². The highest BCUT2D eigenvalue weighted by Gasteiger charge is 2.23. The molecule has 0 bridgehead atoms. The summed E-state index contributed by atoms with van der Waals surface area (Å²) in [5, 5.41) is 3.05. The van der Waals surface area contributed by atoms with Crippen LogP contribution in [0, 0.1) is 0 Å². The van der Waals surface area contributed by atoms with Gasteiger partial charge in [0.1, 0.15) is 0 Å². The molecule has 3 rings (SSSR count). The van der Waals surface area contributed by atoms with E-state index in [4.69, 9.17) is 14.2 Å². The summed E-state index contributed by atoms with van der Waals surface area (Å²) in [6.45, 7) is 1.19. The zero-order valence-electron chi connectivity index (χ0n) is 18.1. The molecule has 1 aliphatic heterocycles. The smallest absolute Gasteiger partial charge is 0.251 e. The molecule has 0 unspecified atom stereocenters. The van der Waals surface area contributed by atoms with E-state index in [2.05, 4.69) is 5.32 Å². The lowest BCUT2D eigenvalue weighted by Gasteiger charge is -2.31. The molecule has 164 valence electrons. The van der Waals surface area contributed by atoms with Gasteiger partial charge in [-0.25, -0.2) is 0 Å². The second-order valence-electron chi connectivity index (χ2n) is 7.23. The van der Waals surface area contributed by atoms with Gasteiger partial charge in [0.2, 0.25) is 11.7 Å². The number of hydrogen-bond donors (Lipinski definition) is 1. The van der Waals surface area contributed by atoms with E-state index >= 15 is 0 Å². The minimum absolute atomic E-state index is 0.0656. The lowest BCUT2D eigenvalue weighted by Crippen LogP contribution is -2.46. The van der Waals surface area contributed by atoms with Gasteiger partial charge in [0.15, 0.2) is 11.5 Å². The van der Waals surface area contributed by atoms with Crippen LogP contribution in [0.3, 0.4) is 0 Å². The van der Waals surface area contributed by atoms with Crippen molar-refractivity contribution in [3.8, 4) is 17.2 Å². The maximum Gasteiger partial charge on any atom is 0.251 e. The molecule has 2 aromatic carbocycles. The van der Waals surface area contributed by atoms with Crippen LogP contribution in [-0.4, -0.2) is 57.2 Å². The Hall–Kier alpha value is -3.48. The number of benzene rings is 2. The number of carbonyl (C=O) groups is 2. The highest BCUT2D eigenvalue weighted by molar-refractivity contribution is 5.94. The molecule has 1 aliphatic rings. The predicted molar refractivity (Wildman–Crippen MR) is 119 cm³/mol. The van der Waals surface area contributed by atoms with E-state index in [0.29, 0.717) is 35.9 Å². The van der Waals surface area contributed by atoms with Gasteiger partial charge in [-0.2, -0.15) is 0 Å². The third-order valence-corrected chi connectivity index (χ3v) is 5.28. The molecule has 7 heteroatoms. The monoisotopic (exact) mass is 424 g/mol. The number of carbonyl (C=O) groups excluding carboxylic acids is 2. The van der Waals surface area contributed by atoms with Crippen LogP contribution < -0.4 is 19.5 Å². The number of hydrogen-bond acceptors (Lipinski definition) is 5. The number of methoxy groups -OCH3 is 3. The molecule has 0 saturated carbocycles. The number of nitrogens with zero attached hydrogens (tertiary/aromatic N) is 1. The van der Waals surface area contributed by atoms with Gasteiger partial charge in [-0.05, 0) is 48.7 Å². The average Bonchev–Trinajstić information content (AvgIpc) is 2.82. The van der Waals surface area contributed by atoms with Crippen molar-refractivity contribution in [3.05, 3.63) is 59.7 Å². The normalized spacial score (nSPS) is 14.4. The van der Waals surface area contributed by atoms with Crippen LogP contribution in [-0.2, 0) is 4.79 Å². The molecule has 1 fully saturated rings. The van der Waals surface area contributed by atoms with Crippen molar-refractivity contribution in [2.45, 2.75) is 18.9 Å². The fourth-order valence-electron chi connectivity index (χ4n) is 3.57. The van der Waals surface area contributed by atoms with Crippen LogP contribution in [0.25, 0.3) is 6.08 Å². The second kappa shape index (κ2) is 10.5. The van der Waals surface area contributed by atoms with Crippen molar-refractivity contribution in [1.82, 2.24) is 10.2 Å². The molecule has 0 aliphatic carbocycles. The first-order valence-electron chi connectivity index (χ1n) is 10.2. The van der Waals surface area contributed by atoms with Crippen LogP contribution in [0.15, 0.2) is 48.5 Å². The van der Waals surface area contributed by atoms with E-state index in [-0.39, 0.29) is 17.9 Å². The van der Waals surface area contributed by atoms with Crippen LogP contribution in [0.4, 0.5) is 0 Å². The molecule has 1 saturated heterocycles. The van der Waals surface area contributed by atoms with Crippen molar-refractivity contribution in [3.63, 3.8) is 0 Å². The van der Waals surface area contributed by atoms with E-state index in [0.717, 1.165) is 18.4 Å². The standard InChI is InChI=1S/C24H28N2O5/c1-29-20-15-17(16-21(30-2)23(20)31-3)9-10-22(27)26-13-11-19(12-14-26)25-24(28)18-7-5-4-6-8-18/h4-10,15-16,19H,11-14H2,1-3H3,(H,25,28)/b10-9+. The first-order chi connectivity index (χ1) is 15.0. The quantitative estimate of drug-likeness (QED) is 0.691. The summed E-state index contributed by atoms with van der Waals surface area (Å²) in [6, 6.07) is 12.8.